The van der Waals surface area contributed by atoms with Gasteiger partial charge in [0.1, 0.15) is 5.69 Å². The van der Waals surface area contributed by atoms with Crippen molar-refractivity contribution in [3.63, 3.8) is 0 Å². The van der Waals surface area contributed by atoms with Gasteiger partial charge in [-0.3, -0.25) is 9.58 Å². The maximum Gasteiger partial charge on any atom is 0.151 e. The Morgan fingerprint density at radius 1 is 1.06 bits per heavy atom. The third kappa shape index (κ3) is 3.48. The number of hydrogen-bond acceptors (Lipinski definition) is 5. The van der Waals surface area contributed by atoms with Crippen LogP contribution in [0.25, 0.3) is 16.6 Å². The third-order valence-electron chi connectivity index (χ3n) is 8.07. The molecule has 0 N–H and O–H groups in total. The van der Waals surface area contributed by atoms with Crippen molar-refractivity contribution in [1.29, 1.82) is 0 Å². The first-order valence-corrected chi connectivity index (χ1v) is 13.6. The number of likely N-dealkylation sites (tertiary alicyclic amines) is 1. The quantitative estimate of drug-likeness (QED) is 0.609. The van der Waals surface area contributed by atoms with Gasteiger partial charge in [-0.05, 0) is 73.6 Å². The van der Waals surface area contributed by atoms with Gasteiger partial charge in [0.15, 0.2) is 9.84 Å². The van der Waals surface area contributed by atoms with Gasteiger partial charge < -0.3 is 0 Å². The topological polar surface area (TPSA) is 73.0 Å². The molecule has 2 aliphatic heterocycles. The number of benzene rings is 1. The first kappa shape index (κ1) is 20.4. The molecule has 4 heterocycles. The van der Waals surface area contributed by atoms with E-state index in [1.165, 1.54) is 24.0 Å². The van der Waals surface area contributed by atoms with E-state index in [2.05, 4.69) is 34.2 Å². The molecule has 0 radical (unpaired) electrons. The summed E-state index contributed by atoms with van der Waals surface area (Å²) in [7, 11) is -0.924. The van der Waals surface area contributed by atoms with Crippen molar-refractivity contribution in [2.75, 3.05) is 24.6 Å². The molecule has 170 valence electrons. The largest absolute Gasteiger partial charge is 0.299 e. The van der Waals surface area contributed by atoms with Crippen LogP contribution in [0.5, 0.6) is 0 Å². The van der Waals surface area contributed by atoms with Crippen molar-refractivity contribution >= 4 is 20.7 Å². The number of rotatable bonds is 3. The molecule has 0 bridgehead atoms. The SMILES string of the molecule is Cc1cc2cnn(-c3cnn(C)c3)c2cc1C1CC2CN(C3CCCS(=O)(=O)C3)C[C@H]2C1. The molecule has 1 saturated carbocycles. The fourth-order valence-corrected chi connectivity index (χ4v) is 8.28. The van der Waals surface area contributed by atoms with Crippen LogP contribution in [0.1, 0.15) is 42.7 Å². The lowest BCUT2D eigenvalue weighted by atomic mass is 9.91. The van der Waals surface area contributed by atoms with Crippen molar-refractivity contribution in [3.05, 3.63) is 41.9 Å². The number of aromatic nitrogens is 4. The van der Waals surface area contributed by atoms with Crippen LogP contribution in [0.15, 0.2) is 30.7 Å². The molecule has 7 nitrogen and oxygen atoms in total. The van der Waals surface area contributed by atoms with E-state index in [0.29, 0.717) is 29.3 Å². The maximum absolute atomic E-state index is 12.1. The normalized spacial score (nSPS) is 30.2. The van der Waals surface area contributed by atoms with Gasteiger partial charge in [-0.1, -0.05) is 0 Å². The maximum atomic E-state index is 12.1. The van der Waals surface area contributed by atoms with E-state index in [1.807, 2.05) is 30.3 Å². The molecule has 3 unspecified atom stereocenters. The minimum atomic E-state index is -2.85. The predicted octanol–water partition coefficient (Wildman–Crippen LogP) is 3.07. The smallest absolute Gasteiger partial charge is 0.151 e. The van der Waals surface area contributed by atoms with Crippen LogP contribution in [0.4, 0.5) is 0 Å². The highest BCUT2D eigenvalue weighted by Gasteiger charge is 2.44. The van der Waals surface area contributed by atoms with Crippen LogP contribution in [0.2, 0.25) is 0 Å². The van der Waals surface area contributed by atoms with E-state index in [4.69, 9.17) is 0 Å². The number of aryl methyl sites for hydroxylation is 2. The number of sulfone groups is 1. The Hall–Kier alpha value is -2.19. The fourth-order valence-electron chi connectivity index (χ4n) is 6.54. The minimum Gasteiger partial charge on any atom is -0.299 e. The van der Waals surface area contributed by atoms with E-state index in [-0.39, 0.29) is 6.04 Å². The molecule has 2 saturated heterocycles. The van der Waals surface area contributed by atoms with Crippen molar-refractivity contribution < 1.29 is 8.42 Å². The summed E-state index contributed by atoms with van der Waals surface area (Å²) >= 11 is 0. The molecular formula is C24H31N5O2S. The molecule has 3 aromatic rings. The second-order valence-corrected chi connectivity index (χ2v) is 12.5. The summed E-state index contributed by atoms with van der Waals surface area (Å²) in [5.74, 6) is 2.68. The molecule has 3 aliphatic rings. The Labute approximate surface area is 189 Å². The van der Waals surface area contributed by atoms with Crippen molar-refractivity contribution in [3.8, 4) is 5.69 Å². The molecule has 1 aromatic carbocycles. The molecule has 0 amide bonds. The Balaban J connectivity index is 1.22. The Morgan fingerprint density at radius 3 is 2.53 bits per heavy atom. The van der Waals surface area contributed by atoms with Gasteiger partial charge in [0.25, 0.3) is 0 Å². The second kappa shape index (κ2) is 7.42. The van der Waals surface area contributed by atoms with Gasteiger partial charge in [0, 0.05) is 31.6 Å². The van der Waals surface area contributed by atoms with E-state index in [9.17, 15) is 8.42 Å². The zero-order chi connectivity index (χ0) is 22.0. The number of nitrogens with zero attached hydrogens (tertiary/aromatic N) is 5. The van der Waals surface area contributed by atoms with Gasteiger partial charge in [-0.2, -0.15) is 10.2 Å². The minimum absolute atomic E-state index is 0.240. The summed E-state index contributed by atoms with van der Waals surface area (Å²) in [4.78, 5) is 2.50. The molecule has 3 fully saturated rings. The first-order chi connectivity index (χ1) is 15.4. The molecule has 8 heteroatoms. The van der Waals surface area contributed by atoms with Crippen LogP contribution >= 0.6 is 0 Å². The highest BCUT2D eigenvalue weighted by molar-refractivity contribution is 7.91. The third-order valence-corrected chi connectivity index (χ3v) is 9.87. The van der Waals surface area contributed by atoms with Crippen molar-refractivity contribution in [1.82, 2.24) is 24.5 Å². The Bertz CT molecular complexity index is 1260. The molecular weight excluding hydrogens is 422 g/mol. The standard InChI is InChI=1S/C24H31N5O2S/c1-16-6-18-10-26-29(22-11-25-27(2)14-22)24(18)9-23(16)17-7-19-12-28(13-20(19)8-17)21-4-3-5-32(30,31)15-21/h6,9-11,14,17,19-21H,3-5,7-8,12-13,15H2,1-2H3/t17?,19-,20?,21?/m1/s1. The van der Waals surface area contributed by atoms with E-state index >= 15 is 0 Å². The second-order valence-electron chi connectivity index (χ2n) is 10.2. The van der Waals surface area contributed by atoms with Crippen molar-refractivity contribution in [2.24, 2.45) is 18.9 Å². The highest BCUT2D eigenvalue weighted by atomic mass is 32.2. The summed E-state index contributed by atoms with van der Waals surface area (Å²) < 4.78 is 28.0. The van der Waals surface area contributed by atoms with Gasteiger partial charge in [0.05, 0.1) is 35.6 Å². The monoisotopic (exact) mass is 453 g/mol. The Morgan fingerprint density at radius 2 is 1.84 bits per heavy atom. The van der Waals surface area contributed by atoms with E-state index < -0.39 is 9.84 Å². The first-order valence-electron chi connectivity index (χ1n) is 11.8. The average molecular weight is 454 g/mol. The van der Waals surface area contributed by atoms with Crippen LogP contribution in [0.3, 0.4) is 0 Å². The van der Waals surface area contributed by atoms with E-state index in [0.717, 1.165) is 42.5 Å². The fraction of sp³-hybridized carbons (Fsp3) is 0.583. The zero-order valence-corrected chi connectivity index (χ0v) is 19.6. The summed E-state index contributed by atoms with van der Waals surface area (Å²) in [5.41, 5.74) is 4.93. The van der Waals surface area contributed by atoms with E-state index in [1.54, 1.807) is 4.68 Å². The average Bonchev–Trinajstić information content (AvgIpc) is 3.48. The number of hydrogen-bond donors (Lipinski definition) is 0. The summed E-state index contributed by atoms with van der Waals surface area (Å²) in [6, 6.07) is 4.87. The summed E-state index contributed by atoms with van der Waals surface area (Å²) in [5, 5.41) is 10.1. The lowest BCUT2D eigenvalue weighted by molar-refractivity contribution is 0.223. The predicted molar refractivity (Wildman–Crippen MR) is 125 cm³/mol. The van der Waals surface area contributed by atoms with Gasteiger partial charge in [-0.25, -0.2) is 13.1 Å². The summed E-state index contributed by atoms with van der Waals surface area (Å²) in [6.45, 7) is 4.36. The lowest BCUT2D eigenvalue weighted by Gasteiger charge is -2.31. The van der Waals surface area contributed by atoms with Crippen molar-refractivity contribution in [2.45, 2.75) is 44.6 Å². The molecule has 6 rings (SSSR count). The zero-order valence-electron chi connectivity index (χ0n) is 18.8. The van der Waals surface area contributed by atoms with Crippen LogP contribution in [-0.4, -0.2) is 63.5 Å². The lowest BCUT2D eigenvalue weighted by Crippen LogP contribution is -2.42. The summed E-state index contributed by atoms with van der Waals surface area (Å²) in [6.07, 6.45) is 10.1. The number of fused-ring (bicyclic) bond motifs is 2. The van der Waals surface area contributed by atoms with Crippen LogP contribution in [0, 0.1) is 18.8 Å². The Kier molecular flexibility index (Phi) is 4.73. The highest BCUT2D eigenvalue weighted by Crippen LogP contribution is 2.48. The van der Waals surface area contributed by atoms with Gasteiger partial charge >= 0.3 is 0 Å². The molecule has 1 aliphatic carbocycles. The van der Waals surface area contributed by atoms with Crippen LogP contribution in [-0.2, 0) is 16.9 Å². The van der Waals surface area contributed by atoms with Gasteiger partial charge in [0.2, 0.25) is 0 Å². The molecule has 2 aromatic heterocycles. The molecule has 0 spiro atoms. The van der Waals surface area contributed by atoms with Gasteiger partial charge in [-0.15, -0.1) is 0 Å². The van der Waals surface area contributed by atoms with Crippen LogP contribution < -0.4 is 0 Å². The molecule has 4 atom stereocenters. The molecule has 32 heavy (non-hydrogen) atoms.